The summed E-state index contributed by atoms with van der Waals surface area (Å²) in [6.07, 6.45) is 0. The average molecular weight is 369 g/mol. The van der Waals surface area contributed by atoms with Crippen LogP contribution in [0, 0.1) is 5.82 Å². The third-order valence-corrected chi connectivity index (χ3v) is 3.97. The number of halogens is 2. The normalized spacial score (nSPS) is 10.2. The molecule has 4 nitrogen and oxygen atoms in total. The number of carbonyl (C=O) groups excluding carboxylic acids is 2. The van der Waals surface area contributed by atoms with Gasteiger partial charge in [-0.15, -0.1) is 0 Å². The van der Waals surface area contributed by atoms with Crippen molar-refractivity contribution in [2.75, 3.05) is 10.6 Å². The zero-order chi connectivity index (χ0) is 18.5. The molecule has 2 N–H and O–H groups in total. The van der Waals surface area contributed by atoms with Crippen molar-refractivity contribution in [3.63, 3.8) is 0 Å². The number of hydrogen-bond donors (Lipinski definition) is 2. The molecule has 3 aromatic rings. The van der Waals surface area contributed by atoms with Gasteiger partial charge in [0.1, 0.15) is 5.82 Å². The minimum atomic E-state index is -0.424. The standard InChI is InChI=1S/C20H14ClFN2O2/c21-17-7-3-1-5-15(17)19(25)24-18-8-4-2-6-16(18)20(26)23-14-11-9-13(22)10-12-14/h1-12H,(H,23,26)(H,24,25). The molecule has 0 heterocycles. The highest BCUT2D eigenvalue weighted by Gasteiger charge is 2.15. The van der Waals surface area contributed by atoms with E-state index in [0.717, 1.165) is 0 Å². The van der Waals surface area contributed by atoms with Crippen LogP contribution in [0.15, 0.2) is 72.8 Å². The number of anilines is 2. The molecule has 0 atom stereocenters. The summed E-state index contributed by atoms with van der Waals surface area (Å²) in [6.45, 7) is 0. The Labute approximate surface area is 154 Å². The summed E-state index contributed by atoms with van der Waals surface area (Å²) in [6, 6.07) is 18.6. The third kappa shape index (κ3) is 4.07. The van der Waals surface area contributed by atoms with E-state index < -0.39 is 17.6 Å². The van der Waals surface area contributed by atoms with Gasteiger partial charge in [-0.25, -0.2) is 4.39 Å². The van der Waals surface area contributed by atoms with Crippen molar-refractivity contribution in [3.05, 3.63) is 94.8 Å². The van der Waals surface area contributed by atoms with E-state index in [1.807, 2.05) is 0 Å². The predicted octanol–water partition coefficient (Wildman–Crippen LogP) is 4.98. The van der Waals surface area contributed by atoms with Crippen molar-refractivity contribution in [3.8, 4) is 0 Å². The van der Waals surface area contributed by atoms with Gasteiger partial charge in [-0.3, -0.25) is 9.59 Å². The number of amides is 2. The summed E-state index contributed by atoms with van der Waals surface area (Å²) in [5.74, 6) is -1.24. The van der Waals surface area contributed by atoms with Crippen molar-refractivity contribution in [2.24, 2.45) is 0 Å². The van der Waals surface area contributed by atoms with E-state index in [0.29, 0.717) is 22.0 Å². The molecular weight excluding hydrogens is 355 g/mol. The fraction of sp³-hybridized carbons (Fsp3) is 0. The number of benzene rings is 3. The van der Waals surface area contributed by atoms with Crippen molar-refractivity contribution in [1.82, 2.24) is 0 Å². The molecule has 0 aliphatic rings. The van der Waals surface area contributed by atoms with Gasteiger partial charge in [-0.1, -0.05) is 35.9 Å². The van der Waals surface area contributed by atoms with E-state index in [1.165, 1.54) is 24.3 Å². The quantitative estimate of drug-likeness (QED) is 0.682. The van der Waals surface area contributed by atoms with Gasteiger partial charge < -0.3 is 10.6 Å². The number of hydrogen-bond acceptors (Lipinski definition) is 2. The molecule has 0 saturated carbocycles. The Morgan fingerprint density at radius 2 is 1.31 bits per heavy atom. The van der Waals surface area contributed by atoms with Gasteiger partial charge >= 0.3 is 0 Å². The largest absolute Gasteiger partial charge is 0.322 e. The number of carbonyl (C=O) groups is 2. The van der Waals surface area contributed by atoms with Crippen LogP contribution in [0.4, 0.5) is 15.8 Å². The second-order valence-corrected chi connectivity index (χ2v) is 5.85. The van der Waals surface area contributed by atoms with Crippen molar-refractivity contribution in [2.45, 2.75) is 0 Å². The van der Waals surface area contributed by atoms with Crippen LogP contribution < -0.4 is 10.6 Å². The molecule has 0 aliphatic heterocycles. The highest BCUT2D eigenvalue weighted by atomic mass is 35.5. The van der Waals surface area contributed by atoms with E-state index in [2.05, 4.69) is 10.6 Å². The SMILES string of the molecule is O=C(Nc1ccccc1C(=O)Nc1ccc(F)cc1)c1ccccc1Cl. The number of para-hydroxylation sites is 1. The van der Waals surface area contributed by atoms with Crippen molar-refractivity contribution >= 4 is 34.8 Å². The van der Waals surface area contributed by atoms with Crippen LogP contribution in [0.5, 0.6) is 0 Å². The third-order valence-electron chi connectivity index (χ3n) is 3.64. The highest BCUT2D eigenvalue weighted by Crippen LogP contribution is 2.21. The van der Waals surface area contributed by atoms with E-state index >= 15 is 0 Å². The monoisotopic (exact) mass is 368 g/mol. The summed E-state index contributed by atoms with van der Waals surface area (Å²) >= 11 is 6.04. The summed E-state index contributed by atoms with van der Waals surface area (Å²) in [4.78, 5) is 25.0. The van der Waals surface area contributed by atoms with Gasteiger partial charge in [0, 0.05) is 5.69 Å². The first-order valence-electron chi connectivity index (χ1n) is 7.76. The lowest BCUT2D eigenvalue weighted by Crippen LogP contribution is -2.18. The molecule has 0 saturated heterocycles. The first kappa shape index (κ1) is 17.6. The Morgan fingerprint density at radius 3 is 2.00 bits per heavy atom. The van der Waals surface area contributed by atoms with Crippen LogP contribution in [0.1, 0.15) is 20.7 Å². The second kappa shape index (κ2) is 7.80. The van der Waals surface area contributed by atoms with Crippen LogP contribution in [0.3, 0.4) is 0 Å². The predicted molar refractivity (Wildman–Crippen MR) is 100 cm³/mol. The van der Waals surface area contributed by atoms with Crippen molar-refractivity contribution < 1.29 is 14.0 Å². The van der Waals surface area contributed by atoms with Crippen LogP contribution in [0.2, 0.25) is 5.02 Å². The maximum atomic E-state index is 13.0. The van der Waals surface area contributed by atoms with E-state index in [9.17, 15) is 14.0 Å². The summed E-state index contributed by atoms with van der Waals surface area (Å²) in [7, 11) is 0. The topological polar surface area (TPSA) is 58.2 Å². The van der Waals surface area contributed by atoms with Gasteiger partial charge in [-0.2, -0.15) is 0 Å². The van der Waals surface area contributed by atoms with Gasteiger partial charge in [0.2, 0.25) is 0 Å². The molecule has 0 aromatic heterocycles. The van der Waals surface area contributed by atoms with E-state index in [1.54, 1.807) is 48.5 Å². The molecule has 0 fully saturated rings. The molecule has 0 spiro atoms. The first-order chi connectivity index (χ1) is 12.5. The van der Waals surface area contributed by atoms with Gasteiger partial charge in [0.25, 0.3) is 11.8 Å². The fourth-order valence-electron chi connectivity index (χ4n) is 2.36. The Bertz CT molecular complexity index is 958. The highest BCUT2D eigenvalue weighted by molar-refractivity contribution is 6.34. The lowest BCUT2D eigenvalue weighted by Gasteiger charge is -2.12. The average Bonchev–Trinajstić information content (AvgIpc) is 2.64. The lowest BCUT2D eigenvalue weighted by atomic mass is 10.1. The molecule has 6 heteroatoms. The first-order valence-corrected chi connectivity index (χ1v) is 8.14. The van der Waals surface area contributed by atoms with Crippen LogP contribution in [-0.2, 0) is 0 Å². The minimum absolute atomic E-state index is 0.275. The fourth-order valence-corrected chi connectivity index (χ4v) is 2.58. The summed E-state index contributed by atoms with van der Waals surface area (Å²) in [5.41, 5.74) is 1.38. The Kier molecular flexibility index (Phi) is 5.29. The maximum absolute atomic E-state index is 13.0. The van der Waals surface area contributed by atoms with Crippen LogP contribution in [0.25, 0.3) is 0 Å². The van der Waals surface area contributed by atoms with E-state index in [-0.39, 0.29) is 5.56 Å². The Hall–Kier alpha value is -3.18. The minimum Gasteiger partial charge on any atom is -0.322 e. The Balaban J connectivity index is 1.81. The molecule has 2 amide bonds. The van der Waals surface area contributed by atoms with Crippen LogP contribution >= 0.6 is 11.6 Å². The summed E-state index contributed by atoms with van der Waals surface area (Å²) < 4.78 is 13.0. The molecular formula is C20H14ClFN2O2. The molecule has 130 valence electrons. The lowest BCUT2D eigenvalue weighted by molar-refractivity contribution is 0.102. The van der Waals surface area contributed by atoms with E-state index in [4.69, 9.17) is 11.6 Å². The molecule has 3 rings (SSSR count). The molecule has 0 unspecified atom stereocenters. The van der Waals surface area contributed by atoms with Crippen LogP contribution in [-0.4, -0.2) is 11.8 Å². The van der Waals surface area contributed by atoms with Crippen molar-refractivity contribution in [1.29, 1.82) is 0 Å². The molecule has 0 bridgehead atoms. The van der Waals surface area contributed by atoms with Gasteiger partial charge in [-0.05, 0) is 48.5 Å². The molecule has 0 aliphatic carbocycles. The number of rotatable bonds is 4. The summed E-state index contributed by atoms with van der Waals surface area (Å²) in [5, 5.41) is 5.68. The smallest absolute Gasteiger partial charge is 0.257 e. The maximum Gasteiger partial charge on any atom is 0.257 e. The Morgan fingerprint density at radius 1 is 0.731 bits per heavy atom. The van der Waals surface area contributed by atoms with Gasteiger partial charge in [0.15, 0.2) is 0 Å². The molecule has 26 heavy (non-hydrogen) atoms. The second-order valence-electron chi connectivity index (χ2n) is 5.44. The van der Waals surface area contributed by atoms with Gasteiger partial charge in [0.05, 0.1) is 21.8 Å². The molecule has 3 aromatic carbocycles. The molecule has 0 radical (unpaired) electrons. The number of nitrogens with one attached hydrogen (secondary N) is 2. The zero-order valence-corrected chi connectivity index (χ0v) is 14.3. The zero-order valence-electron chi connectivity index (χ0n) is 13.5.